The van der Waals surface area contributed by atoms with Crippen molar-refractivity contribution in [2.45, 2.75) is 105 Å². The lowest BCUT2D eigenvalue weighted by atomic mass is 9.95. The molecular formula is C39H45N3O10S. The highest BCUT2D eigenvalue weighted by atomic mass is 32.1. The van der Waals surface area contributed by atoms with Crippen molar-refractivity contribution in [3.8, 4) is 5.75 Å². The van der Waals surface area contributed by atoms with Gasteiger partial charge in [-0.25, -0.2) is 14.4 Å². The van der Waals surface area contributed by atoms with Crippen LogP contribution in [0.1, 0.15) is 109 Å². The summed E-state index contributed by atoms with van der Waals surface area (Å²) in [6.45, 7) is 14.9. The first-order valence-electron chi connectivity index (χ1n) is 17.2. The number of esters is 2. The summed E-state index contributed by atoms with van der Waals surface area (Å²) in [5, 5.41) is 2.55. The fourth-order valence-electron chi connectivity index (χ4n) is 5.83. The van der Waals surface area contributed by atoms with Crippen LogP contribution in [0.25, 0.3) is 0 Å². The molecule has 2 aliphatic heterocycles. The number of thiophene rings is 1. The summed E-state index contributed by atoms with van der Waals surface area (Å²) in [6, 6.07) is 13.3. The number of imide groups is 1. The van der Waals surface area contributed by atoms with E-state index in [-0.39, 0.29) is 53.6 Å². The van der Waals surface area contributed by atoms with Crippen molar-refractivity contribution < 1.29 is 47.7 Å². The second-order valence-electron chi connectivity index (χ2n) is 15.8. The lowest BCUT2D eigenvalue weighted by molar-refractivity contribution is -0.161. The van der Waals surface area contributed by atoms with Crippen molar-refractivity contribution in [3.63, 3.8) is 0 Å². The van der Waals surface area contributed by atoms with Gasteiger partial charge in [-0.1, -0.05) is 36.4 Å². The molecule has 3 heterocycles. The molecule has 0 fully saturated rings. The summed E-state index contributed by atoms with van der Waals surface area (Å²) in [5.74, 6) is -3.91. The number of anilines is 1. The highest BCUT2D eigenvalue weighted by molar-refractivity contribution is 7.17. The number of ether oxygens (including phenoxy) is 4. The number of rotatable bonds is 7. The standard InChI is InChI=1S/C39H45N3O10S/c1-37(2,3)50-34(46)29-25-18-23(19-42-32(44)24-16-13-17-26(28(24)33(42)45)49-21-22-14-11-10-12-15-22)41(36(48)52-39(7,8)9)20-27(25)53-31(29)40-30(43)35(47)51-38(4,5)6/h10-17,23H,18-21H2,1-9H3,(H,40,43). The zero-order valence-electron chi connectivity index (χ0n) is 31.4. The molecule has 0 bridgehead atoms. The van der Waals surface area contributed by atoms with E-state index in [2.05, 4.69) is 5.32 Å². The van der Waals surface area contributed by atoms with E-state index < -0.39 is 58.6 Å². The van der Waals surface area contributed by atoms with Crippen LogP contribution in [0.5, 0.6) is 5.75 Å². The zero-order chi connectivity index (χ0) is 39.0. The Morgan fingerprint density at radius 3 is 2.08 bits per heavy atom. The molecule has 2 aliphatic rings. The van der Waals surface area contributed by atoms with Gasteiger partial charge in [0.1, 0.15) is 34.2 Å². The molecule has 1 unspecified atom stereocenters. The van der Waals surface area contributed by atoms with Crippen molar-refractivity contribution >= 4 is 52.1 Å². The smallest absolute Gasteiger partial charge is 0.410 e. The molecule has 0 radical (unpaired) electrons. The summed E-state index contributed by atoms with van der Waals surface area (Å²) in [4.78, 5) is 84.0. The van der Waals surface area contributed by atoms with E-state index in [1.54, 1.807) is 80.5 Å². The number of hydrogen-bond donors (Lipinski definition) is 1. The number of carbonyl (C=O) groups excluding carboxylic acids is 6. The minimum absolute atomic E-state index is 0.00429. The molecule has 4 amide bonds. The van der Waals surface area contributed by atoms with E-state index in [9.17, 15) is 28.8 Å². The van der Waals surface area contributed by atoms with E-state index in [0.717, 1.165) is 21.8 Å². The van der Waals surface area contributed by atoms with E-state index in [1.165, 1.54) is 4.90 Å². The van der Waals surface area contributed by atoms with Crippen LogP contribution in [-0.2, 0) is 43.4 Å². The first-order chi connectivity index (χ1) is 24.6. The summed E-state index contributed by atoms with van der Waals surface area (Å²) < 4.78 is 22.7. The Morgan fingerprint density at radius 1 is 0.811 bits per heavy atom. The van der Waals surface area contributed by atoms with Gasteiger partial charge in [-0.15, -0.1) is 11.3 Å². The normalized spacial score (nSPS) is 15.8. The maximum atomic E-state index is 14.0. The highest BCUT2D eigenvalue weighted by Gasteiger charge is 2.44. The number of nitrogens with zero attached hydrogens (tertiary/aromatic N) is 2. The van der Waals surface area contributed by atoms with Gasteiger partial charge in [0.05, 0.1) is 35.8 Å². The number of fused-ring (bicyclic) bond motifs is 2. The van der Waals surface area contributed by atoms with Crippen LogP contribution in [0.2, 0.25) is 0 Å². The van der Waals surface area contributed by atoms with E-state index in [0.29, 0.717) is 10.4 Å². The van der Waals surface area contributed by atoms with Crippen molar-refractivity contribution in [1.29, 1.82) is 0 Å². The molecule has 282 valence electrons. The number of amides is 4. The van der Waals surface area contributed by atoms with Crippen molar-refractivity contribution in [2.75, 3.05) is 11.9 Å². The quantitative estimate of drug-likeness (QED) is 0.122. The van der Waals surface area contributed by atoms with Crippen LogP contribution in [0.15, 0.2) is 48.5 Å². The Labute approximate surface area is 312 Å². The van der Waals surface area contributed by atoms with Crippen LogP contribution in [0.3, 0.4) is 0 Å². The third-order valence-electron chi connectivity index (χ3n) is 7.92. The van der Waals surface area contributed by atoms with Gasteiger partial charge in [0, 0.05) is 4.88 Å². The molecule has 3 aromatic rings. The predicted molar refractivity (Wildman–Crippen MR) is 196 cm³/mol. The van der Waals surface area contributed by atoms with Crippen LogP contribution in [-0.4, -0.2) is 74.9 Å². The van der Waals surface area contributed by atoms with Gasteiger partial charge in [-0.2, -0.15) is 0 Å². The lowest BCUT2D eigenvalue weighted by Crippen LogP contribution is -2.52. The fourth-order valence-corrected chi connectivity index (χ4v) is 7.04. The Kier molecular flexibility index (Phi) is 10.8. The van der Waals surface area contributed by atoms with Crippen LogP contribution < -0.4 is 10.1 Å². The Hall–Kier alpha value is -5.24. The molecule has 14 heteroatoms. The van der Waals surface area contributed by atoms with Crippen molar-refractivity contribution in [1.82, 2.24) is 9.80 Å². The van der Waals surface area contributed by atoms with Gasteiger partial charge in [0.25, 0.3) is 11.8 Å². The van der Waals surface area contributed by atoms with Crippen molar-refractivity contribution in [3.05, 3.63) is 81.2 Å². The first-order valence-corrected chi connectivity index (χ1v) is 18.0. The number of benzene rings is 2. The molecule has 5 rings (SSSR count). The third-order valence-corrected chi connectivity index (χ3v) is 9.05. The largest absolute Gasteiger partial charge is 0.488 e. The summed E-state index contributed by atoms with van der Waals surface area (Å²) in [6.07, 6.45) is -0.726. The second-order valence-corrected chi connectivity index (χ2v) is 16.9. The number of carbonyl (C=O) groups is 6. The topological polar surface area (TPSA) is 158 Å². The Morgan fingerprint density at radius 2 is 1.45 bits per heavy atom. The van der Waals surface area contributed by atoms with Gasteiger partial charge in [0.15, 0.2) is 0 Å². The molecule has 53 heavy (non-hydrogen) atoms. The monoisotopic (exact) mass is 747 g/mol. The maximum absolute atomic E-state index is 14.0. The average Bonchev–Trinajstić information content (AvgIpc) is 3.51. The van der Waals surface area contributed by atoms with E-state index >= 15 is 0 Å². The molecule has 0 spiro atoms. The van der Waals surface area contributed by atoms with Gasteiger partial charge in [-0.05, 0) is 92.0 Å². The van der Waals surface area contributed by atoms with E-state index in [1.807, 2.05) is 30.3 Å². The van der Waals surface area contributed by atoms with Gasteiger partial charge < -0.3 is 24.3 Å². The lowest BCUT2D eigenvalue weighted by Gasteiger charge is -2.38. The highest BCUT2D eigenvalue weighted by Crippen LogP contribution is 2.41. The number of nitrogens with one attached hydrogen (secondary N) is 1. The molecule has 1 N–H and O–H groups in total. The Bertz CT molecular complexity index is 1950. The minimum Gasteiger partial charge on any atom is -0.488 e. The van der Waals surface area contributed by atoms with Crippen molar-refractivity contribution in [2.24, 2.45) is 0 Å². The third kappa shape index (κ3) is 9.23. The van der Waals surface area contributed by atoms with Gasteiger partial charge >= 0.3 is 23.9 Å². The summed E-state index contributed by atoms with van der Waals surface area (Å²) >= 11 is 1.01. The first kappa shape index (κ1) is 39.0. The molecule has 1 atom stereocenters. The Balaban J connectivity index is 1.50. The second kappa shape index (κ2) is 14.6. The predicted octanol–water partition coefficient (Wildman–Crippen LogP) is 6.52. The summed E-state index contributed by atoms with van der Waals surface area (Å²) in [5.41, 5.74) is -1.15. The molecule has 0 aliphatic carbocycles. The molecule has 0 saturated heterocycles. The molecule has 2 aromatic carbocycles. The van der Waals surface area contributed by atoms with Crippen LogP contribution in [0, 0.1) is 0 Å². The zero-order valence-corrected chi connectivity index (χ0v) is 32.2. The molecular weight excluding hydrogens is 703 g/mol. The van der Waals surface area contributed by atoms with Crippen LogP contribution in [0.4, 0.5) is 9.80 Å². The molecule has 13 nitrogen and oxygen atoms in total. The molecule has 0 saturated carbocycles. The summed E-state index contributed by atoms with van der Waals surface area (Å²) in [7, 11) is 0. The number of hydrogen-bond acceptors (Lipinski definition) is 11. The average molecular weight is 748 g/mol. The van der Waals surface area contributed by atoms with E-state index in [4.69, 9.17) is 18.9 Å². The van der Waals surface area contributed by atoms with Crippen LogP contribution >= 0.6 is 11.3 Å². The van der Waals surface area contributed by atoms with Gasteiger partial charge in [-0.3, -0.25) is 24.2 Å². The molecule has 1 aromatic heterocycles. The minimum atomic E-state index is -1.15. The SMILES string of the molecule is CC(C)(C)OC(=O)C(=O)Nc1sc2c(c1C(=O)OC(C)(C)C)CC(CN1C(=O)c3cccc(OCc4ccccc4)c3C1=O)N(C(=O)OC(C)(C)C)C2. The maximum Gasteiger partial charge on any atom is 0.410 e. The van der Waals surface area contributed by atoms with Gasteiger partial charge in [0.2, 0.25) is 0 Å². The fraction of sp³-hybridized carbons (Fsp3) is 0.436.